The highest BCUT2D eigenvalue weighted by molar-refractivity contribution is 7.92. The van der Waals surface area contributed by atoms with Crippen LogP contribution in [0.1, 0.15) is 26.3 Å². The Hall–Kier alpha value is -2.87. The van der Waals surface area contributed by atoms with Crippen molar-refractivity contribution >= 4 is 27.5 Å². The summed E-state index contributed by atoms with van der Waals surface area (Å²) < 4.78 is 25.9. The molecule has 0 aliphatic carbocycles. The zero-order valence-electron chi connectivity index (χ0n) is 18.5. The molecule has 2 aromatic rings. The third-order valence-corrected chi connectivity index (χ3v) is 5.95. The van der Waals surface area contributed by atoms with Crippen LogP contribution in [0.4, 0.5) is 5.69 Å². The van der Waals surface area contributed by atoms with Gasteiger partial charge in [-0.3, -0.25) is 13.9 Å². The van der Waals surface area contributed by atoms with E-state index >= 15 is 0 Å². The molecule has 0 fully saturated rings. The Kier molecular flexibility index (Phi) is 8.62. The van der Waals surface area contributed by atoms with Crippen LogP contribution in [0.5, 0.6) is 0 Å². The smallest absolute Gasteiger partial charge is 0.244 e. The molecule has 2 amide bonds. The molecule has 7 nitrogen and oxygen atoms in total. The SMILES string of the molecule is CC(C)NC(=O)C(C)N(CCc1ccccc1)C(=O)CN(c1ccccc1)S(C)(=O)=O. The van der Waals surface area contributed by atoms with Crippen LogP contribution in [0.25, 0.3) is 0 Å². The Morgan fingerprint density at radius 2 is 1.48 bits per heavy atom. The van der Waals surface area contributed by atoms with E-state index in [1.807, 2.05) is 44.2 Å². The van der Waals surface area contributed by atoms with E-state index in [1.54, 1.807) is 37.3 Å². The third kappa shape index (κ3) is 7.40. The van der Waals surface area contributed by atoms with Crippen molar-refractivity contribution in [3.8, 4) is 0 Å². The second-order valence-corrected chi connectivity index (χ2v) is 9.67. The summed E-state index contributed by atoms with van der Waals surface area (Å²) in [4.78, 5) is 27.3. The molecule has 1 atom stereocenters. The predicted molar refractivity (Wildman–Crippen MR) is 123 cm³/mol. The summed E-state index contributed by atoms with van der Waals surface area (Å²) in [5, 5.41) is 2.83. The molecule has 0 aliphatic heterocycles. The molecule has 31 heavy (non-hydrogen) atoms. The summed E-state index contributed by atoms with van der Waals surface area (Å²) in [6, 6.07) is 17.3. The van der Waals surface area contributed by atoms with Crippen molar-refractivity contribution in [3.63, 3.8) is 0 Å². The second-order valence-electron chi connectivity index (χ2n) is 7.77. The Balaban J connectivity index is 2.27. The van der Waals surface area contributed by atoms with Crippen LogP contribution in [0.2, 0.25) is 0 Å². The van der Waals surface area contributed by atoms with Crippen molar-refractivity contribution in [2.24, 2.45) is 0 Å². The van der Waals surface area contributed by atoms with E-state index < -0.39 is 22.0 Å². The Morgan fingerprint density at radius 1 is 0.935 bits per heavy atom. The van der Waals surface area contributed by atoms with Crippen LogP contribution < -0.4 is 9.62 Å². The number of rotatable bonds is 10. The zero-order valence-corrected chi connectivity index (χ0v) is 19.3. The number of carbonyl (C=O) groups is 2. The van der Waals surface area contributed by atoms with E-state index in [4.69, 9.17) is 0 Å². The molecule has 2 aromatic carbocycles. The van der Waals surface area contributed by atoms with Gasteiger partial charge < -0.3 is 10.2 Å². The number of anilines is 1. The minimum atomic E-state index is -3.69. The van der Waals surface area contributed by atoms with Gasteiger partial charge in [-0.05, 0) is 44.9 Å². The summed E-state index contributed by atoms with van der Waals surface area (Å²) in [5.41, 5.74) is 1.43. The minimum absolute atomic E-state index is 0.0714. The number of amides is 2. The molecule has 0 heterocycles. The average Bonchev–Trinajstić information content (AvgIpc) is 2.72. The first kappa shape index (κ1) is 24.4. The number of carbonyl (C=O) groups excluding carboxylic acids is 2. The molecule has 8 heteroatoms. The third-order valence-electron chi connectivity index (χ3n) is 4.81. The van der Waals surface area contributed by atoms with Gasteiger partial charge in [0.2, 0.25) is 21.8 Å². The van der Waals surface area contributed by atoms with Gasteiger partial charge in [0.05, 0.1) is 11.9 Å². The molecule has 168 valence electrons. The van der Waals surface area contributed by atoms with Gasteiger partial charge in [0.1, 0.15) is 12.6 Å². The lowest BCUT2D eigenvalue weighted by atomic mass is 10.1. The van der Waals surface area contributed by atoms with Crippen molar-refractivity contribution in [2.45, 2.75) is 39.3 Å². The fourth-order valence-electron chi connectivity index (χ4n) is 3.18. The lowest BCUT2D eigenvalue weighted by Crippen LogP contribution is -2.53. The molecule has 0 radical (unpaired) electrons. The zero-order chi connectivity index (χ0) is 23.0. The van der Waals surface area contributed by atoms with Gasteiger partial charge in [0.25, 0.3) is 0 Å². The number of benzene rings is 2. The molecule has 0 aromatic heterocycles. The van der Waals surface area contributed by atoms with Crippen LogP contribution in [0.15, 0.2) is 60.7 Å². The van der Waals surface area contributed by atoms with Gasteiger partial charge in [0, 0.05) is 12.6 Å². The average molecular weight is 446 g/mol. The number of hydrogen-bond acceptors (Lipinski definition) is 4. The predicted octanol–water partition coefficient (Wildman–Crippen LogP) is 2.44. The van der Waals surface area contributed by atoms with E-state index in [0.717, 1.165) is 16.1 Å². The summed E-state index contributed by atoms with van der Waals surface area (Å²) in [6.07, 6.45) is 1.62. The van der Waals surface area contributed by atoms with E-state index in [1.165, 1.54) is 4.90 Å². The highest BCUT2D eigenvalue weighted by Crippen LogP contribution is 2.17. The van der Waals surface area contributed by atoms with Crippen LogP contribution in [-0.2, 0) is 26.0 Å². The maximum Gasteiger partial charge on any atom is 0.244 e. The molecule has 0 saturated heterocycles. The van der Waals surface area contributed by atoms with Gasteiger partial charge >= 0.3 is 0 Å². The van der Waals surface area contributed by atoms with Gasteiger partial charge in [-0.1, -0.05) is 48.5 Å². The van der Waals surface area contributed by atoms with Crippen LogP contribution in [-0.4, -0.2) is 56.6 Å². The second kappa shape index (κ2) is 10.9. The molecular weight excluding hydrogens is 414 g/mol. The van der Waals surface area contributed by atoms with Crippen molar-refractivity contribution in [1.29, 1.82) is 0 Å². The molecule has 1 unspecified atom stereocenters. The standard InChI is InChI=1S/C23H31N3O4S/c1-18(2)24-23(28)19(3)25(16-15-20-11-7-5-8-12-20)22(27)17-26(31(4,29)30)21-13-9-6-10-14-21/h5-14,18-19H,15-17H2,1-4H3,(H,24,28). The molecule has 0 aliphatic rings. The van der Waals surface area contributed by atoms with Crippen LogP contribution in [0.3, 0.4) is 0 Å². The van der Waals surface area contributed by atoms with Crippen molar-refractivity contribution < 1.29 is 18.0 Å². The van der Waals surface area contributed by atoms with Gasteiger partial charge in [-0.2, -0.15) is 0 Å². The quantitative estimate of drug-likeness (QED) is 0.609. The normalized spacial score (nSPS) is 12.3. The molecular formula is C23H31N3O4S. The number of nitrogens with zero attached hydrogens (tertiary/aromatic N) is 2. The maximum atomic E-state index is 13.3. The highest BCUT2D eigenvalue weighted by Gasteiger charge is 2.29. The molecule has 0 saturated carbocycles. The number of para-hydroxylation sites is 1. The van der Waals surface area contributed by atoms with Crippen molar-refractivity contribution in [3.05, 3.63) is 66.2 Å². The summed E-state index contributed by atoms with van der Waals surface area (Å²) >= 11 is 0. The molecule has 0 bridgehead atoms. The lowest BCUT2D eigenvalue weighted by molar-refractivity contribution is -0.139. The summed E-state index contributed by atoms with van der Waals surface area (Å²) in [6.45, 7) is 5.27. The first-order chi connectivity index (χ1) is 14.6. The maximum absolute atomic E-state index is 13.3. The highest BCUT2D eigenvalue weighted by atomic mass is 32.2. The first-order valence-corrected chi connectivity index (χ1v) is 12.1. The van der Waals surface area contributed by atoms with Gasteiger partial charge in [-0.15, -0.1) is 0 Å². The summed E-state index contributed by atoms with van der Waals surface area (Å²) in [5.74, 6) is -0.710. The lowest BCUT2D eigenvalue weighted by Gasteiger charge is -2.31. The minimum Gasteiger partial charge on any atom is -0.352 e. The van der Waals surface area contributed by atoms with E-state index in [0.29, 0.717) is 18.7 Å². The first-order valence-electron chi connectivity index (χ1n) is 10.3. The topological polar surface area (TPSA) is 86.8 Å². The van der Waals surface area contributed by atoms with Crippen molar-refractivity contribution in [2.75, 3.05) is 23.7 Å². The number of hydrogen-bond donors (Lipinski definition) is 1. The molecule has 2 rings (SSSR count). The summed E-state index contributed by atoms with van der Waals surface area (Å²) in [7, 11) is -3.69. The van der Waals surface area contributed by atoms with Crippen LogP contribution in [0, 0.1) is 0 Å². The Bertz CT molecular complexity index is 963. The molecule has 0 spiro atoms. The Labute approximate surface area is 185 Å². The van der Waals surface area contributed by atoms with Crippen LogP contribution >= 0.6 is 0 Å². The van der Waals surface area contributed by atoms with E-state index in [9.17, 15) is 18.0 Å². The fourth-order valence-corrected chi connectivity index (χ4v) is 4.03. The van der Waals surface area contributed by atoms with Gasteiger partial charge in [0.15, 0.2) is 0 Å². The Morgan fingerprint density at radius 3 is 2.00 bits per heavy atom. The van der Waals surface area contributed by atoms with E-state index in [2.05, 4.69) is 5.32 Å². The number of sulfonamides is 1. The van der Waals surface area contributed by atoms with Crippen molar-refractivity contribution in [1.82, 2.24) is 10.2 Å². The largest absolute Gasteiger partial charge is 0.352 e. The number of nitrogens with one attached hydrogen (secondary N) is 1. The molecule has 1 N–H and O–H groups in total. The van der Waals surface area contributed by atoms with Gasteiger partial charge in [-0.25, -0.2) is 8.42 Å². The monoisotopic (exact) mass is 445 g/mol. The van der Waals surface area contributed by atoms with E-state index in [-0.39, 0.29) is 18.5 Å². The fraction of sp³-hybridized carbons (Fsp3) is 0.391.